The fraction of sp³-hybridized carbons (Fsp3) is 0.818. The van der Waals surface area contributed by atoms with Crippen molar-refractivity contribution in [1.82, 2.24) is 14.8 Å². The molecule has 0 N–H and O–H groups in total. The SMILES string of the molecule is CCC(C)(OC)c1nnc(CCl)n1C1CC1. The van der Waals surface area contributed by atoms with Crippen LogP contribution in [0.3, 0.4) is 0 Å². The molecule has 1 unspecified atom stereocenters. The first-order valence-corrected chi connectivity index (χ1v) is 6.25. The number of halogens is 1. The van der Waals surface area contributed by atoms with Crippen molar-refractivity contribution in [1.29, 1.82) is 0 Å². The molecule has 0 amide bonds. The van der Waals surface area contributed by atoms with Crippen LogP contribution < -0.4 is 0 Å². The minimum absolute atomic E-state index is 0.361. The highest BCUT2D eigenvalue weighted by atomic mass is 35.5. The first kappa shape index (κ1) is 11.9. The van der Waals surface area contributed by atoms with Gasteiger partial charge >= 0.3 is 0 Å². The van der Waals surface area contributed by atoms with Gasteiger partial charge in [0, 0.05) is 13.2 Å². The average molecular weight is 244 g/mol. The molecule has 0 radical (unpaired) electrons. The largest absolute Gasteiger partial charge is 0.371 e. The van der Waals surface area contributed by atoms with Gasteiger partial charge in [0.1, 0.15) is 11.4 Å². The zero-order valence-electron chi connectivity index (χ0n) is 10.0. The van der Waals surface area contributed by atoms with Gasteiger partial charge in [-0.15, -0.1) is 21.8 Å². The minimum Gasteiger partial charge on any atom is -0.371 e. The lowest BCUT2D eigenvalue weighted by Gasteiger charge is -2.26. The lowest BCUT2D eigenvalue weighted by atomic mass is 10.0. The number of hydrogen-bond acceptors (Lipinski definition) is 3. The molecular formula is C11H18ClN3O. The van der Waals surface area contributed by atoms with Crippen molar-refractivity contribution in [3.63, 3.8) is 0 Å². The predicted octanol–water partition coefficient (Wildman–Crippen LogP) is 2.62. The molecule has 0 saturated heterocycles. The summed E-state index contributed by atoms with van der Waals surface area (Å²) in [5.74, 6) is 2.18. The van der Waals surface area contributed by atoms with E-state index in [1.54, 1.807) is 7.11 Å². The number of alkyl halides is 1. The van der Waals surface area contributed by atoms with E-state index in [1.165, 1.54) is 12.8 Å². The molecular weight excluding hydrogens is 226 g/mol. The number of aromatic nitrogens is 3. The molecule has 0 aromatic carbocycles. The Bertz CT molecular complexity index is 369. The highest BCUT2D eigenvalue weighted by Gasteiger charge is 2.37. The Labute approximate surface area is 101 Å². The monoisotopic (exact) mass is 243 g/mol. The van der Waals surface area contributed by atoms with Gasteiger partial charge in [0.15, 0.2) is 5.82 Å². The Kier molecular flexibility index (Phi) is 3.22. The molecule has 2 rings (SSSR count). The van der Waals surface area contributed by atoms with E-state index >= 15 is 0 Å². The second kappa shape index (κ2) is 4.34. The third-order valence-electron chi connectivity index (χ3n) is 3.40. The fourth-order valence-electron chi connectivity index (χ4n) is 1.89. The summed E-state index contributed by atoms with van der Waals surface area (Å²) in [6.07, 6.45) is 3.26. The van der Waals surface area contributed by atoms with Crippen LogP contribution in [0.4, 0.5) is 0 Å². The molecule has 1 aromatic rings. The van der Waals surface area contributed by atoms with E-state index in [4.69, 9.17) is 16.3 Å². The maximum atomic E-state index is 5.89. The summed E-state index contributed by atoms with van der Waals surface area (Å²) >= 11 is 5.89. The molecule has 1 heterocycles. The van der Waals surface area contributed by atoms with E-state index in [1.807, 2.05) is 6.92 Å². The van der Waals surface area contributed by atoms with Crippen molar-refractivity contribution in [3.8, 4) is 0 Å². The first-order chi connectivity index (χ1) is 7.66. The molecule has 1 atom stereocenters. The van der Waals surface area contributed by atoms with Gasteiger partial charge in [-0.3, -0.25) is 0 Å². The molecule has 1 aromatic heterocycles. The Morgan fingerprint density at radius 1 is 1.50 bits per heavy atom. The minimum atomic E-state index is -0.361. The Morgan fingerprint density at radius 2 is 2.19 bits per heavy atom. The summed E-state index contributed by atoms with van der Waals surface area (Å²) in [6, 6.07) is 0.528. The average Bonchev–Trinajstić information content (AvgIpc) is 3.07. The third kappa shape index (κ3) is 1.84. The molecule has 0 aliphatic heterocycles. The van der Waals surface area contributed by atoms with Crippen molar-refractivity contribution in [2.45, 2.75) is 50.6 Å². The second-order valence-electron chi connectivity index (χ2n) is 4.46. The topological polar surface area (TPSA) is 39.9 Å². The summed E-state index contributed by atoms with van der Waals surface area (Å²) in [4.78, 5) is 0. The van der Waals surface area contributed by atoms with E-state index in [0.717, 1.165) is 18.1 Å². The number of methoxy groups -OCH3 is 1. The molecule has 1 saturated carbocycles. The van der Waals surface area contributed by atoms with Gasteiger partial charge in [0.2, 0.25) is 0 Å². The zero-order valence-corrected chi connectivity index (χ0v) is 10.8. The Hall–Kier alpha value is -0.610. The zero-order chi connectivity index (χ0) is 11.8. The smallest absolute Gasteiger partial charge is 0.165 e. The van der Waals surface area contributed by atoms with Gasteiger partial charge in [0.25, 0.3) is 0 Å². The molecule has 4 nitrogen and oxygen atoms in total. The molecule has 1 fully saturated rings. The van der Waals surface area contributed by atoms with E-state index in [-0.39, 0.29) is 5.60 Å². The lowest BCUT2D eigenvalue weighted by Crippen LogP contribution is -2.28. The van der Waals surface area contributed by atoms with Gasteiger partial charge < -0.3 is 9.30 Å². The van der Waals surface area contributed by atoms with Crippen molar-refractivity contribution in [3.05, 3.63) is 11.6 Å². The highest BCUT2D eigenvalue weighted by Crippen LogP contribution is 2.40. The number of nitrogens with zero attached hydrogens (tertiary/aromatic N) is 3. The molecule has 1 aliphatic rings. The molecule has 1 aliphatic carbocycles. The van der Waals surface area contributed by atoms with E-state index < -0.39 is 0 Å². The van der Waals surface area contributed by atoms with Gasteiger partial charge in [-0.05, 0) is 26.2 Å². The van der Waals surface area contributed by atoms with E-state index in [9.17, 15) is 0 Å². The standard InChI is InChI=1S/C11H18ClN3O/c1-4-11(2,16-3)10-14-13-9(7-12)15(10)8-5-6-8/h8H,4-7H2,1-3H3. The summed E-state index contributed by atoms with van der Waals surface area (Å²) in [7, 11) is 1.72. The Morgan fingerprint density at radius 3 is 2.62 bits per heavy atom. The maximum absolute atomic E-state index is 5.89. The van der Waals surface area contributed by atoms with Crippen LogP contribution in [-0.2, 0) is 16.2 Å². The van der Waals surface area contributed by atoms with Crippen LogP contribution in [0.25, 0.3) is 0 Å². The van der Waals surface area contributed by atoms with E-state index in [2.05, 4.69) is 21.7 Å². The predicted molar refractivity (Wildman–Crippen MR) is 62.5 cm³/mol. The van der Waals surface area contributed by atoms with Crippen LogP contribution in [0.1, 0.15) is 50.8 Å². The number of ether oxygens (including phenoxy) is 1. The van der Waals surface area contributed by atoms with Crippen molar-refractivity contribution >= 4 is 11.6 Å². The number of rotatable bonds is 5. The van der Waals surface area contributed by atoms with Crippen molar-refractivity contribution < 1.29 is 4.74 Å². The van der Waals surface area contributed by atoms with Crippen LogP contribution >= 0.6 is 11.6 Å². The molecule has 0 spiro atoms. The molecule has 90 valence electrons. The molecule has 16 heavy (non-hydrogen) atoms. The van der Waals surface area contributed by atoms with Crippen LogP contribution in [0.15, 0.2) is 0 Å². The van der Waals surface area contributed by atoms with Crippen molar-refractivity contribution in [2.24, 2.45) is 0 Å². The lowest BCUT2D eigenvalue weighted by molar-refractivity contribution is -0.0122. The first-order valence-electron chi connectivity index (χ1n) is 5.71. The summed E-state index contributed by atoms with van der Waals surface area (Å²) in [6.45, 7) is 4.14. The molecule has 5 heteroatoms. The summed E-state index contributed by atoms with van der Waals surface area (Å²) in [5, 5.41) is 8.42. The normalized spacial score (nSPS) is 19.8. The van der Waals surface area contributed by atoms with Gasteiger partial charge in [-0.2, -0.15) is 0 Å². The van der Waals surface area contributed by atoms with Crippen molar-refractivity contribution in [2.75, 3.05) is 7.11 Å². The Balaban J connectivity index is 2.43. The quantitative estimate of drug-likeness (QED) is 0.747. The van der Waals surface area contributed by atoms with Gasteiger partial charge in [0.05, 0.1) is 5.88 Å². The second-order valence-corrected chi connectivity index (χ2v) is 4.73. The van der Waals surface area contributed by atoms with Crippen LogP contribution in [0.5, 0.6) is 0 Å². The van der Waals surface area contributed by atoms with E-state index in [0.29, 0.717) is 11.9 Å². The summed E-state index contributed by atoms with van der Waals surface area (Å²) < 4.78 is 7.75. The van der Waals surface area contributed by atoms with Crippen LogP contribution in [0, 0.1) is 0 Å². The van der Waals surface area contributed by atoms with Crippen LogP contribution in [0.2, 0.25) is 0 Å². The molecule has 0 bridgehead atoms. The van der Waals surface area contributed by atoms with Gasteiger partial charge in [-0.25, -0.2) is 0 Å². The highest BCUT2D eigenvalue weighted by molar-refractivity contribution is 6.16. The maximum Gasteiger partial charge on any atom is 0.165 e. The van der Waals surface area contributed by atoms with Gasteiger partial charge in [-0.1, -0.05) is 6.92 Å². The fourth-order valence-corrected chi connectivity index (χ4v) is 2.07. The van der Waals surface area contributed by atoms with Crippen LogP contribution in [-0.4, -0.2) is 21.9 Å². The summed E-state index contributed by atoms with van der Waals surface area (Å²) in [5.41, 5.74) is -0.361. The third-order valence-corrected chi connectivity index (χ3v) is 3.64. The number of hydrogen-bond donors (Lipinski definition) is 0.